The van der Waals surface area contributed by atoms with Crippen LogP contribution in [0.1, 0.15) is 80.3 Å². The molecule has 156 valence electrons. The summed E-state index contributed by atoms with van der Waals surface area (Å²) < 4.78 is 17.6. The highest BCUT2D eigenvalue weighted by Gasteiger charge is 2.39. The first-order valence-electron chi connectivity index (χ1n) is 10.4. The van der Waals surface area contributed by atoms with Gasteiger partial charge in [-0.15, -0.1) is 0 Å². The molecule has 0 aliphatic carbocycles. The van der Waals surface area contributed by atoms with E-state index in [1.165, 1.54) is 43.2 Å². The molecule has 0 aliphatic heterocycles. The number of hydrogen-bond acceptors (Lipinski definition) is 3. The van der Waals surface area contributed by atoms with Crippen LogP contribution in [-0.4, -0.2) is 27.3 Å². The second-order valence-electron chi connectivity index (χ2n) is 7.27. The van der Waals surface area contributed by atoms with Crippen molar-refractivity contribution < 1.29 is 14.2 Å². The summed E-state index contributed by atoms with van der Waals surface area (Å²) in [6.45, 7) is 4.48. The molecule has 0 aromatic heterocycles. The molecule has 0 amide bonds. The monoisotopic (exact) mass is 490 g/mol. The van der Waals surface area contributed by atoms with E-state index in [0.717, 1.165) is 25.7 Å². The van der Waals surface area contributed by atoms with Gasteiger partial charge in [0.25, 0.3) is 5.97 Å². The number of halogens is 1. The second-order valence-corrected chi connectivity index (χ2v) is 8.78. The van der Waals surface area contributed by atoms with Crippen molar-refractivity contribution in [3.8, 4) is 0 Å². The predicted molar refractivity (Wildman–Crippen MR) is 122 cm³/mol. The summed E-state index contributed by atoms with van der Waals surface area (Å²) in [6.07, 6.45) is 10.6. The molecule has 0 saturated heterocycles. The summed E-state index contributed by atoms with van der Waals surface area (Å²) in [5.41, 5.74) is 2.78. The molecule has 4 heteroatoms. The molecule has 0 N–H and O–H groups in total. The molecule has 0 bridgehead atoms. The summed E-state index contributed by atoms with van der Waals surface area (Å²) in [4.78, 5) is 0. The molecule has 2 unspecified atom stereocenters. The number of methoxy groups -OCH3 is 3. The fraction of sp³-hybridized carbons (Fsp3) is 0.739. The van der Waals surface area contributed by atoms with Crippen molar-refractivity contribution in [3.63, 3.8) is 0 Å². The maximum atomic E-state index is 5.68. The van der Waals surface area contributed by atoms with Gasteiger partial charge in [-0.05, 0) is 36.8 Å². The van der Waals surface area contributed by atoms with Gasteiger partial charge in [0.1, 0.15) is 0 Å². The summed E-state index contributed by atoms with van der Waals surface area (Å²) >= 11 is 2.52. The van der Waals surface area contributed by atoms with Crippen molar-refractivity contribution in [2.45, 2.75) is 81.5 Å². The molecule has 0 heterocycles. The number of aryl methyl sites for hydroxylation is 1. The fourth-order valence-corrected chi connectivity index (χ4v) is 4.13. The van der Waals surface area contributed by atoms with E-state index in [-0.39, 0.29) is 5.92 Å². The van der Waals surface area contributed by atoms with Crippen LogP contribution in [0.15, 0.2) is 24.3 Å². The first-order valence-corrected chi connectivity index (χ1v) is 11.7. The molecule has 1 rings (SSSR count). The largest absolute Gasteiger partial charge is 0.331 e. The summed E-state index contributed by atoms with van der Waals surface area (Å²) in [7, 11) is 5.03. The maximum absolute atomic E-state index is 5.68. The number of unbranched alkanes of at least 4 members (excludes halogenated alkanes) is 4. The van der Waals surface area contributed by atoms with Crippen LogP contribution in [0.3, 0.4) is 0 Å². The average molecular weight is 490 g/mol. The lowest BCUT2D eigenvalue weighted by Gasteiger charge is -2.36. The van der Waals surface area contributed by atoms with Crippen LogP contribution in [0.2, 0.25) is 0 Å². The van der Waals surface area contributed by atoms with E-state index in [0.29, 0.717) is 3.92 Å². The Kier molecular flexibility index (Phi) is 12.8. The zero-order valence-corrected chi connectivity index (χ0v) is 20.1. The fourth-order valence-electron chi connectivity index (χ4n) is 3.71. The van der Waals surface area contributed by atoms with Crippen molar-refractivity contribution in [2.24, 2.45) is 5.92 Å². The quantitative estimate of drug-likeness (QED) is 0.114. The van der Waals surface area contributed by atoms with Crippen molar-refractivity contribution in [1.82, 2.24) is 0 Å². The van der Waals surface area contributed by atoms with E-state index in [9.17, 15) is 0 Å². The van der Waals surface area contributed by atoms with Gasteiger partial charge in [0.15, 0.2) is 0 Å². The molecule has 1 aromatic rings. The first-order chi connectivity index (χ1) is 13.1. The molecule has 2 atom stereocenters. The Morgan fingerprint density at radius 2 is 1.44 bits per heavy atom. The van der Waals surface area contributed by atoms with Crippen molar-refractivity contribution in [2.75, 3.05) is 21.3 Å². The van der Waals surface area contributed by atoms with Crippen molar-refractivity contribution in [1.29, 1.82) is 0 Å². The molecule has 0 radical (unpaired) electrons. The Bertz CT molecular complexity index is 477. The van der Waals surface area contributed by atoms with Crippen molar-refractivity contribution >= 4 is 22.6 Å². The lowest BCUT2D eigenvalue weighted by atomic mass is 9.91. The lowest BCUT2D eigenvalue weighted by Crippen LogP contribution is -2.44. The number of benzene rings is 1. The van der Waals surface area contributed by atoms with E-state index in [1.54, 1.807) is 21.3 Å². The SMILES string of the molecule is CCCCCCCC(CCc1ccc(C(I)CC)cc1)C(OC)(OC)OC. The highest BCUT2D eigenvalue weighted by atomic mass is 127. The van der Waals surface area contributed by atoms with Crippen LogP contribution in [0, 0.1) is 5.92 Å². The third-order valence-corrected chi connectivity index (χ3v) is 7.09. The Morgan fingerprint density at radius 1 is 0.852 bits per heavy atom. The molecule has 0 saturated carbocycles. The minimum absolute atomic E-state index is 0.215. The Morgan fingerprint density at radius 3 is 1.96 bits per heavy atom. The van der Waals surface area contributed by atoms with Crippen molar-refractivity contribution in [3.05, 3.63) is 35.4 Å². The van der Waals surface area contributed by atoms with Crippen LogP contribution in [0.25, 0.3) is 0 Å². The minimum atomic E-state index is -0.944. The van der Waals surface area contributed by atoms with Crippen LogP contribution in [-0.2, 0) is 20.6 Å². The highest BCUT2D eigenvalue weighted by Crippen LogP contribution is 2.33. The van der Waals surface area contributed by atoms with E-state index >= 15 is 0 Å². The van der Waals surface area contributed by atoms with Gasteiger partial charge < -0.3 is 14.2 Å². The molecular formula is C23H39IO3. The molecule has 27 heavy (non-hydrogen) atoms. The van der Waals surface area contributed by atoms with E-state index < -0.39 is 5.97 Å². The van der Waals surface area contributed by atoms with Gasteiger partial charge in [0.05, 0.1) is 0 Å². The van der Waals surface area contributed by atoms with E-state index in [1.807, 2.05) is 0 Å². The van der Waals surface area contributed by atoms with Crippen LogP contribution in [0.4, 0.5) is 0 Å². The van der Waals surface area contributed by atoms with E-state index in [2.05, 4.69) is 60.7 Å². The van der Waals surface area contributed by atoms with Gasteiger partial charge >= 0.3 is 0 Å². The van der Waals surface area contributed by atoms with Gasteiger partial charge in [-0.2, -0.15) is 0 Å². The topological polar surface area (TPSA) is 27.7 Å². The van der Waals surface area contributed by atoms with E-state index in [4.69, 9.17) is 14.2 Å². The van der Waals surface area contributed by atoms with Gasteiger partial charge in [-0.25, -0.2) is 0 Å². The molecule has 0 spiro atoms. The van der Waals surface area contributed by atoms with Crippen LogP contribution < -0.4 is 0 Å². The van der Waals surface area contributed by atoms with Gasteiger partial charge in [0.2, 0.25) is 0 Å². The number of rotatable bonds is 15. The Labute approximate surface area is 180 Å². The predicted octanol–water partition coefficient (Wildman–Crippen LogP) is 7.08. The third-order valence-electron chi connectivity index (χ3n) is 5.49. The van der Waals surface area contributed by atoms with Crippen LogP contribution >= 0.6 is 22.6 Å². The van der Waals surface area contributed by atoms with Crippen LogP contribution in [0.5, 0.6) is 0 Å². The molecule has 0 fully saturated rings. The van der Waals surface area contributed by atoms with Gasteiger partial charge in [-0.1, -0.05) is 92.8 Å². The maximum Gasteiger partial charge on any atom is 0.285 e. The second kappa shape index (κ2) is 13.9. The molecule has 1 aromatic carbocycles. The summed E-state index contributed by atoms with van der Waals surface area (Å²) in [5, 5.41) is 0. The molecule has 3 nitrogen and oxygen atoms in total. The number of alkyl halides is 1. The first kappa shape index (κ1) is 24.9. The lowest BCUT2D eigenvalue weighted by molar-refractivity contribution is -0.380. The number of ether oxygens (including phenoxy) is 3. The van der Waals surface area contributed by atoms with Gasteiger partial charge in [0, 0.05) is 31.2 Å². The Balaban J connectivity index is 2.72. The average Bonchev–Trinajstić information content (AvgIpc) is 2.72. The minimum Gasteiger partial charge on any atom is -0.331 e. The Hall–Kier alpha value is -0.170. The summed E-state index contributed by atoms with van der Waals surface area (Å²) in [5.74, 6) is -0.730. The smallest absolute Gasteiger partial charge is 0.285 e. The summed E-state index contributed by atoms with van der Waals surface area (Å²) in [6, 6.07) is 9.07. The highest BCUT2D eigenvalue weighted by molar-refractivity contribution is 14.1. The number of hydrogen-bond donors (Lipinski definition) is 0. The third kappa shape index (κ3) is 8.00. The standard InChI is InChI=1S/C23H39IO3/c1-6-8-9-10-11-12-21(23(25-3,26-4)27-5)18-15-19-13-16-20(17-14-19)22(24)7-2/h13-14,16-17,21-22H,6-12,15,18H2,1-5H3. The molecule has 0 aliphatic rings. The normalized spacial score (nSPS) is 14.3. The van der Waals surface area contributed by atoms with Gasteiger partial charge in [-0.3, -0.25) is 0 Å². The zero-order valence-electron chi connectivity index (χ0n) is 17.9. The molecular weight excluding hydrogens is 451 g/mol. The zero-order chi connectivity index (χ0) is 20.1.